The predicted molar refractivity (Wildman–Crippen MR) is 524 cm³/mol. The summed E-state index contributed by atoms with van der Waals surface area (Å²) in [4.78, 5) is 99.3. The molecule has 5 heterocycles. The number of methoxy groups -OCH3 is 4. The third-order valence-corrected chi connectivity index (χ3v) is 27.1. The number of amides is 9. The van der Waals surface area contributed by atoms with Gasteiger partial charge in [-0.15, -0.1) is 0 Å². The average Bonchev–Trinajstić information content (AvgIpc) is 0.784. The molecule has 27 nitrogen and oxygen atoms in total. The van der Waals surface area contributed by atoms with E-state index in [-0.39, 0.29) is 106 Å². The first-order chi connectivity index (χ1) is 59.3. The Labute approximate surface area is 809 Å². The van der Waals surface area contributed by atoms with E-state index in [9.17, 15) is 33.6 Å². The van der Waals surface area contributed by atoms with E-state index in [1.54, 1.807) is 71.2 Å². The maximum atomic E-state index is 13.0. The molecule has 5 saturated heterocycles. The standard InChI is InChI=1S/C23H35Cl2N3O4.C19H29Cl2N3O2.C18H27Cl2N3O2.C13H26N2O2.C12H21NO3.C9H11Cl2NO/c1-14(15-9-10-16(31-8)19(25)18(15)24)26-20(29)27(7)17-11-12-28(13-23(17,5)6)21(30)32-22(2,3)4;1-12(13-7-8-14(26-6)17(21)16(13)20)22-18(25)24(5)15-9-10-23(4)11-19(15,2)3;1-11(12-6-7-13(25-5)16(20)15(12)19)22-17(24)23(4)14-8-9-21-10-18(14,2)3;1-12(2,3)17-11(16)15-8-7-10(14-6)13(4,5)9-15;1-11(2,3)16-10(15)13-7-6-9(14)12(4,5)8-13;1-5(12)6-3-4-7(13-2)9(11)8(6)10/h9-10,14,17H,11-13H2,1-8H3,(H,26,29);7-8,12,15H,9-11H2,1-6H3,(H,22,25);6-7,11,14,21H,8-10H2,1-5H3,(H,22,24);10,14H,7-9H2,1-6H3;6-8H2,1-5H3;3-5H,12H2,1-2H3. The summed E-state index contributed by atoms with van der Waals surface area (Å²) in [5.41, 5.74) is 6.69. The van der Waals surface area contributed by atoms with Gasteiger partial charge in [0.05, 0.1) is 66.7 Å². The number of halogens is 8. The fourth-order valence-corrected chi connectivity index (χ4v) is 18.8. The molecule has 730 valence electrons. The van der Waals surface area contributed by atoms with Crippen LogP contribution < -0.4 is 51.3 Å². The number of urea groups is 3. The summed E-state index contributed by atoms with van der Waals surface area (Å²) >= 11 is 49.7. The van der Waals surface area contributed by atoms with Crippen LogP contribution in [-0.2, 0) is 19.0 Å². The lowest BCUT2D eigenvalue weighted by molar-refractivity contribution is -0.131. The van der Waals surface area contributed by atoms with E-state index < -0.39 is 22.2 Å². The molecule has 35 heteroatoms. The number of ketones is 1. The normalized spacial score (nSPS) is 20.1. The van der Waals surface area contributed by atoms with Gasteiger partial charge in [-0.2, -0.15) is 0 Å². The smallest absolute Gasteiger partial charge is 0.410 e. The first kappa shape index (κ1) is 115. The molecule has 9 amide bonds. The van der Waals surface area contributed by atoms with Crippen molar-refractivity contribution in [1.29, 1.82) is 0 Å². The molecule has 0 radical (unpaired) electrons. The highest BCUT2D eigenvalue weighted by Gasteiger charge is 2.45. The molecule has 0 aliphatic carbocycles. The van der Waals surface area contributed by atoms with Crippen molar-refractivity contribution in [2.45, 2.75) is 256 Å². The van der Waals surface area contributed by atoms with Crippen molar-refractivity contribution in [2.24, 2.45) is 32.8 Å². The minimum absolute atomic E-state index is 0.0225. The zero-order valence-electron chi connectivity index (χ0n) is 82.3. The fraction of sp³-hybridized carbons (Fsp3) is 0.670. The lowest BCUT2D eigenvalue weighted by Crippen LogP contribution is -2.59. The van der Waals surface area contributed by atoms with Gasteiger partial charge in [-0.3, -0.25) is 4.79 Å². The molecular formula is C94H149Cl8N13O14. The topological polar surface area (TPSA) is 293 Å². The van der Waals surface area contributed by atoms with Gasteiger partial charge in [-0.25, -0.2) is 28.8 Å². The Morgan fingerprint density at radius 2 is 0.736 bits per heavy atom. The summed E-state index contributed by atoms with van der Waals surface area (Å²) < 4.78 is 36.7. The minimum atomic E-state index is -0.545. The van der Waals surface area contributed by atoms with Crippen LogP contribution in [0.4, 0.5) is 28.8 Å². The zero-order chi connectivity index (χ0) is 98.7. The second-order valence-electron chi connectivity index (χ2n) is 40.2. The quantitative estimate of drug-likeness (QED) is 0.0603. The molecule has 0 bridgehead atoms. The van der Waals surface area contributed by atoms with Crippen LogP contribution in [0.3, 0.4) is 0 Å². The van der Waals surface area contributed by atoms with Crippen LogP contribution in [0.25, 0.3) is 0 Å². The van der Waals surface area contributed by atoms with Gasteiger partial charge in [0.15, 0.2) is 0 Å². The molecule has 4 aromatic rings. The Hall–Kier alpha value is -6.47. The fourth-order valence-electron chi connectivity index (χ4n) is 16.5. The van der Waals surface area contributed by atoms with Gasteiger partial charge < -0.3 is 99.8 Å². The number of nitrogens with two attached hydrogens (primary N) is 1. The highest BCUT2D eigenvalue weighted by Crippen LogP contribution is 2.44. The first-order valence-electron chi connectivity index (χ1n) is 43.8. The number of ether oxygens (including phenoxy) is 7. The number of hydrogen-bond donors (Lipinski definition) is 6. The summed E-state index contributed by atoms with van der Waals surface area (Å²) in [5, 5.41) is 18.8. The molecule has 5 fully saturated rings. The van der Waals surface area contributed by atoms with E-state index >= 15 is 0 Å². The van der Waals surface area contributed by atoms with Crippen molar-refractivity contribution in [3.05, 3.63) is 111 Å². The molecule has 4 aromatic carbocycles. The minimum Gasteiger partial charge on any atom is -0.495 e. The van der Waals surface area contributed by atoms with Gasteiger partial charge in [0.2, 0.25) is 0 Å². The second kappa shape index (κ2) is 48.6. The van der Waals surface area contributed by atoms with Crippen LogP contribution in [0, 0.1) is 27.1 Å². The molecular weight excluding hydrogens is 1820 g/mol. The number of nitrogens with zero attached hydrogens (tertiary/aromatic N) is 7. The Bertz CT molecular complexity index is 4420. The van der Waals surface area contributed by atoms with E-state index in [1.807, 2.05) is 153 Å². The lowest BCUT2D eigenvalue weighted by atomic mass is 9.78. The molecule has 5 aliphatic heterocycles. The van der Waals surface area contributed by atoms with Gasteiger partial charge in [-0.1, -0.05) is 186 Å². The predicted octanol–water partition coefficient (Wildman–Crippen LogP) is 21.8. The van der Waals surface area contributed by atoms with Crippen molar-refractivity contribution in [3.8, 4) is 23.0 Å². The summed E-state index contributed by atoms with van der Waals surface area (Å²) in [7, 11) is 15.7. The van der Waals surface area contributed by atoms with Crippen LogP contribution in [0.2, 0.25) is 40.2 Å². The maximum absolute atomic E-state index is 13.0. The number of rotatable bonds is 15. The number of Topliss-reactive ketones (excluding diaryl/α,β-unsaturated/α-hetero) is 1. The molecule has 5 aliphatic rings. The Balaban J connectivity index is 0.000000332. The van der Waals surface area contributed by atoms with Gasteiger partial charge >= 0.3 is 36.4 Å². The molecule has 8 unspecified atom stereocenters. The summed E-state index contributed by atoms with van der Waals surface area (Å²) in [6.45, 7) is 52.5. The summed E-state index contributed by atoms with van der Waals surface area (Å²) in [5.74, 6) is 2.30. The third-order valence-electron chi connectivity index (χ3n) is 23.6. The number of benzene rings is 4. The van der Waals surface area contributed by atoms with Crippen LogP contribution >= 0.6 is 92.8 Å². The highest BCUT2D eigenvalue weighted by molar-refractivity contribution is 6.45. The number of carbonyl (C=O) groups is 7. The Morgan fingerprint density at radius 3 is 1.03 bits per heavy atom. The van der Waals surface area contributed by atoms with Gasteiger partial charge in [0, 0.05) is 121 Å². The van der Waals surface area contributed by atoms with E-state index in [2.05, 4.69) is 93.9 Å². The number of carbonyl (C=O) groups excluding carboxylic acids is 7. The van der Waals surface area contributed by atoms with Crippen LogP contribution in [0.5, 0.6) is 23.0 Å². The van der Waals surface area contributed by atoms with E-state index in [4.69, 9.17) is 132 Å². The van der Waals surface area contributed by atoms with Crippen molar-refractivity contribution in [3.63, 3.8) is 0 Å². The molecule has 0 spiro atoms. The number of likely N-dealkylation sites (tertiary alicyclic amines) is 4. The molecule has 0 saturated carbocycles. The van der Waals surface area contributed by atoms with E-state index in [0.29, 0.717) is 114 Å². The molecule has 129 heavy (non-hydrogen) atoms. The lowest BCUT2D eigenvalue weighted by Gasteiger charge is -2.47. The SMILES string of the molecule is CC(C)(C)OC(=O)N1CCC(=O)C(C)(C)C1.CNC1CCN(C(=O)OC(C)(C)C)CC1(C)C.COc1ccc(C(C)N)c(Cl)c1Cl.COc1ccc(C(C)NC(=O)N(C)C2CCN(C(=O)OC(C)(C)C)CC2(C)C)c(Cl)c1Cl.COc1ccc(C(C)NC(=O)N(C)C2CCN(C)CC2(C)C)c(Cl)c1Cl.COc1ccc(C(C)NC(=O)N(C)C2CCNCC2(C)C)c(Cl)c1Cl. The van der Waals surface area contributed by atoms with Crippen molar-refractivity contribution >= 4 is 135 Å². The number of nitrogens with one attached hydrogen (secondary N) is 5. The average molecular weight is 1970 g/mol. The maximum Gasteiger partial charge on any atom is 0.410 e. The van der Waals surface area contributed by atoms with Crippen molar-refractivity contribution < 1.29 is 66.7 Å². The summed E-state index contributed by atoms with van der Waals surface area (Å²) in [6, 6.07) is 13.6. The second-order valence-corrected chi connectivity index (χ2v) is 43.3. The van der Waals surface area contributed by atoms with Gasteiger partial charge in [0.1, 0.15) is 65.7 Å². The summed E-state index contributed by atoms with van der Waals surface area (Å²) in [6.07, 6.45) is 3.09. The highest BCUT2D eigenvalue weighted by atomic mass is 35.5. The molecule has 8 atom stereocenters. The van der Waals surface area contributed by atoms with Crippen LogP contribution in [0.1, 0.15) is 238 Å². The van der Waals surface area contributed by atoms with Crippen LogP contribution in [0.15, 0.2) is 48.5 Å². The first-order valence-corrected chi connectivity index (χ1v) is 46.8. The number of piperidine rings is 5. The molecule has 9 rings (SSSR count). The number of hydrogen-bond acceptors (Lipinski definition) is 18. The Kier molecular flexibility index (Phi) is 43.3. The van der Waals surface area contributed by atoms with Crippen molar-refractivity contribution in [1.82, 2.24) is 60.9 Å². The van der Waals surface area contributed by atoms with Gasteiger partial charge in [-0.05, 0) is 206 Å². The largest absolute Gasteiger partial charge is 0.495 e. The van der Waals surface area contributed by atoms with E-state index in [0.717, 1.165) is 75.2 Å². The Morgan fingerprint density at radius 1 is 0.434 bits per heavy atom. The molecule has 7 N–H and O–H groups in total. The monoisotopic (exact) mass is 1960 g/mol. The third kappa shape index (κ3) is 33.2. The van der Waals surface area contributed by atoms with Crippen LogP contribution in [-0.4, -0.2) is 247 Å². The van der Waals surface area contributed by atoms with Crippen molar-refractivity contribution in [2.75, 3.05) is 129 Å². The van der Waals surface area contributed by atoms with E-state index in [1.165, 1.54) is 14.2 Å². The molecule has 0 aromatic heterocycles. The van der Waals surface area contributed by atoms with Gasteiger partial charge in [0.25, 0.3) is 0 Å². The zero-order valence-corrected chi connectivity index (χ0v) is 88.3.